The third-order valence-electron chi connectivity index (χ3n) is 6.13. The third-order valence-corrected chi connectivity index (χ3v) is 6.13. The highest BCUT2D eigenvalue weighted by Crippen LogP contribution is 2.44. The Bertz CT molecular complexity index is 1500. The summed E-state index contributed by atoms with van der Waals surface area (Å²) >= 11 is 0. The Morgan fingerprint density at radius 1 is 1.03 bits per heavy atom. The molecule has 1 aliphatic rings. The quantitative estimate of drug-likeness (QED) is 0.392. The molecule has 2 aromatic heterocycles. The van der Waals surface area contributed by atoms with Crippen molar-refractivity contribution in [3.8, 4) is 34.0 Å². The van der Waals surface area contributed by atoms with Crippen molar-refractivity contribution in [2.24, 2.45) is 7.05 Å². The van der Waals surface area contributed by atoms with Crippen LogP contribution in [0.3, 0.4) is 0 Å². The molecule has 164 valence electrons. The number of rotatable bonds is 5. The lowest BCUT2D eigenvalue weighted by Gasteiger charge is -2.12. The molecule has 33 heavy (non-hydrogen) atoms. The topological polar surface area (TPSA) is 77.0 Å². The minimum absolute atomic E-state index is 0.0468. The van der Waals surface area contributed by atoms with E-state index < -0.39 is 0 Å². The largest absolute Gasteiger partial charge is 0.436 e. The molecular weight excluding hydrogens is 419 g/mol. The van der Waals surface area contributed by atoms with Gasteiger partial charge in [-0.25, -0.2) is 9.37 Å². The van der Waals surface area contributed by atoms with Crippen LogP contribution in [0.15, 0.2) is 65.3 Å². The van der Waals surface area contributed by atoms with Crippen LogP contribution in [0.4, 0.5) is 4.39 Å². The molecule has 5 aromatic rings. The Labute approximate surface area is 189 Å². The second kappa shape index (κ2) is 7.64. The minimum Gasteiger partial charge on any atom is -0.436 e. The molecule has 1 fully saturated rings. The number of aliphatic hydroxyl groups excluding tert-OH is 1. The van der Waals surface area contributed by atoms with Gasteiger partial charge in [0.25, 0.3) is 0 Å². The van der Waals surface area contributed by atoms with Gasteiger partial charge in [-0.1, -0.05) is 18.2 Å². The molecule has 2 heterocycles. The summed E-state index contributed by atoms with van der Waals surface area (Å²) < 4.78 is 22.1. The maximum atomic E-state index is 14.2. The molecule has 6 rings (SSSR count). The molecule has 3 aromatic carbocycles. The first-order valence-electron chi connectivity index (χ1n) is 10.9. The van der Waals surface area contributed by atoms with Crippen molar-refractivity contribution in [1.29, 1.82) is 0 Å². The van der Waals surface area contributed by atoms with Crippen LogP contribution in [-0.2, 0) is 13.7 Å². The summed E-state index contributed by atoms with van der Waals surface area (Å²) in [5.74, 6) is 1.30. The van der Waals surface area contributed by atoms with E-state index in [1.54, 1.807) is 17.0 Å². The number of aliphatic hydroxyl groups is 1. The smallest absolute Gasteiger partial charge is 0.227 e. The van der Waals surface area contributed by atoms with Crippen LogP contribution in [-0.4, -0.2) is 24.9 Å². The monoisotopic (exact) mass is 440 g/mol. The fourth-order valence-electron chi connectivity index (χ4n) is 4.26. The fraction of sp³-hybridized carbons (Fsp3) is 0.192. The first-order valence-corrected chi connectivity index (χ1v) is 10.9. The summed E-state index contributed by atoms with van der Waals surface area (Å²) in [6.45, 7) is -0.0468. The number of aryl methyl sites for hydroxylation is 1. The molecule has 0 radical (unpaired) electrons. The average Bonchev–Trinajstić information content (AvgIpc) is 3.46. The van der Waals surface area contributed by atoms with Gasteiger partial charge in [-0.3, -0.25) is 0 Å². The van der Waals surface area contributed by atoms with E-state index in [-0.39, 0.29) is 12.4 Å². The van der Waals surface area contributed by atoms with Crippen LogP contribution in [0.2, 0.25) is 0 Å². The maximum absolute atomic E-state index is 14.2. The van der Waals surface area contributed by atoms with Crippen molar-refractivity contribution in [3.05, 3.63) is 77.9 Å². The number of hydrogen-bond donors (Lipinski definition) is 1. The normalized spacial score (nSPS) is 13.7. The van der Waals surface area contributed by atoms with Crippen molar-refractivity contribution in [2.75, 3.05) is 0 Å². The van der Waals surface area contributed by atoms with E-state index in [0.717, 1.165) is 35.1 Å². The zero-order chi connectivity index (χ0) is 22.5. The minimum atomic E-state index is -0.325. The highest BCUT2D eigenvalue weighted by Gasteiger charge is 2.26. The van der Waals surface area contributed by atoms with Gasteiger partial charge in [0.05, 0.1) is 6.61 Å². The summed E-state index contributed by atoms with van der Waals surface area (Å²) in [7, 11) is 1.84. The van der Waals surface area contributed by atoms with E-state index in [1.165, 1.54) is 17.7 Å². The lowest BCUT2D eigenvalue weighted by molar-refractivity contribution is 0.282. The first-order chi connectivity index (χ1) is 16.1. The Morgan fingerprint density at radius 2 is 1.88 bits per heavy atom. The molecule has 0 spiro atoms. The number of nitrogens with zero attached hydrogens (tertiary/aromatic N) is 4. The second-order valence-corrected chi connectivity index (χ2v) is 8.55. The predicted molar refractivity (Wildman–Crippen MR) is 123 cm³/mol. The molecule has 1 saturated carbocycles. The SMILES string of the molecule is Cn1cnnc1-c1cc(F)ccc1-c1cc(-c2nc3cc(CO)ccc3o2)cc(C2CC2)c1. The molecule has 1 N–H and O–H groups in total. The van der Waals surface area contributed by atoms with Crippen molar-refractivity contribution >= 4 is 11.1 Å². The van der Waals surface area contributed by atoms with Crippen molar-refractivity contribution in [1.82, 2.24) is 19.7 Å². The van der Waals surface area contributed by atoms with Gasteiger partial charge in [-0.15, -0.1) is 10.2 Å². The van der Waals surface area contributed by atoms with E-state index in [0.29, 0.717) is 34.3 Å². The Hall–Kier alpha value is -3.84. The molecule has 1 aliphatic carbocycles. The molecule has 0 aliphatic heterocycles. The highest BCUT2D eigenvalue weighted by molar-refractivity contribution is 5.84. The number of oxazole rings is 1. The summed E-state index contributed by atoms with van der Waals surface area (Å²) in [5.41, 5.74) is 6.74. The van der Waals surface area contributed by atoms with Gasteiger partial charge in [0.2, 0.25) is 5.89 Å². The van der Waals surface area contributed by atoms with E-state index in [9.17, 15) is 9.50 Å². The zero-order valence-corrected chi connectivity index (χ0v) is 18.0. The molecule has 0 saturated heterocycles. The molecule has 0 atom stereocenters. The first kappa shape index (κ1) is 19.8. The summed E-state index contributed by atoms with van der Waals surface area (Å²) in [5, 5.41) is 17.6. The van der Waals surface area contributed by atoms with Gasteiger partial charge in [-0.2, -0.15) is 0 Å². The summed E-state index contributed by atoms with van der Waals surface area (Å²) in [6.07, 6.45) is 3.90. The third kappa shape index (κ3) is 3.60. The lowest BCUT2D eigenvalue weighted by Crippen LogP contribution is -1.96. The molecule has 0 bridgehead atoms. The fourth-order valence-corrected chi connectivity index (χ4v) is 4.26. The van der Waals surface area contributed by atoms with Crippen molar-refractivity contribution in [2.45, 2.75) is 25.4 Å². The van der Waals surface area contributed by atoms with Crippen LogP contribution in [0, 0.1) is 5.82 Å². The standard InChI is InChI=1S/C26H21FN4O2/c1-31-14-28-30-25(31)22-12-20(27)5-6-21(22)18-9-17(16-3-4-16)10-19(11-18)26-29-23-8-15(13-32)2-7-24(23)33-26/h2,5-12,14,16,32H,3-4,13H2,1H3. The molecule has 0 amide bonds. The van der Waals surface area contributed by atoms with Gasteiger partial charge in [-0.05, 0) is 77.4 Å². The van der Waals surface area contributed by atoms with E-state index in [2.05, 4.69) is 27.3 Å². The van der Waals surface area contributed by atoms with Gasteiger partial charge >= 0.3 is 0 Å². The molecule has 7 heteroatoms. The summed E-state index contributed by atoms with van der Waals surface area (Å²) in [4.78, 5) is 4.68. The van der Waals surface area contributed by atoms with E-state index in [1.807, 2.05) is 31.3 Å². The predicted octanol–water partition coefficient (Wildman–Crippen LogP) is 5.47. The Kier molecular flexibility index (Phi) is 4.58. The van der Waals surface area contributed by atoms with Crippen LogP contribution in [0.1, 0.15) is 29.9 Å². The van der Waals surface area contributed by atoms with E-state index >= 15 is 0 Å². The number of aromatic nitrogens is 4. The van der Waals surface area contributed by atoms with Crippen LogP contribution in [0.5, 0.6) is 0 Å². The number of hydrogen-bond acceptors (Lipinski definition) is 5. The Balaban J connectivity index is 1.53. The zero-order valence-electron chi connectivity index (χ0n) is 18.0. The number of benzene rings is 3. The maximum Gasteiger partial charge on any atom is 0.227 e. The van der Waals surface area contributed by atoms with Gasteiger partial charge < -0.3 is 14.1 Å². The van der Waals surface area contributed by atoms with Crippen molar-refractivity contribution in [3.63, 3.8) is 0 Å². The van der Waals surface area contributed by atoms with Gasteiger partial charge in [0.1, 0.15) is 17.7 Å². The van der Waals surface area contributed by atoms with Crippen LogP contribution >= 0.6 is 0 Å². The highest BCUT2D eigenvalue weighted by atomic mass is 19.1. The Morgan fingerprint density at radius 3 is 2.64 bits per heavy atom. The van der Waals surface area contributed by atoms with Crippen LogP contribution in [0.25, 0.3) is 45.1 Å². The molecule has 6 nitrogen and oxygen atoms in total. The molecule has 0 unspecified atom stereocenters. The summed E-state index contributed by atoms with van der Waals surface area (Å²) in [6, 6.07) is 16.6. The number of fused-ring (bicyclic) bond motifs is 1. The number of halogens is 1. The lowest BCUT2D eigenvalue weighted by atomic mass is 9.94. The van der Waals surface area contributed by atoms with Gasteiger partial charge in [0, 0.05) is 18.2 Å². The second-order valence-electron chi connectivity index (χ2n) is 8.55. The van der Waals surface area contributed by atoms with Crippen LogP contribution < -0.4 is 0 Å². The van der Waals surface area contributed by atoms with Gasteiger partial charge in [0.15, 0.2) is 11.4 Å². The molecular formula is C26H21FN4O2. The van der Waals surface area contributed by atoms with E-state index in [4.69, 9.17) is 4.42 Å². The average molecular weight is 440 g/mol. The van der Waals surface area contributed by atoms with Crippen molar-refractivity contribution < 1.29 is 13.9 Å².